The molecule has 0 saturated carbocycles. The van der Waals surface area contributed by atoms with E-state index in [1.54, 1.807) is 12.1 Å². The quantitative estimate of drug-likeness (QED) is 0.459. The van der Waals surface area contributed by atoms with Crippen molar-refractivity contribution in [2.45, 2.75) is 0 Å². The van der Waals surface area contributed by atoms with Crippen molar-refractivity contribution in [1.29, 1.82) is 0 Å². The van der Waals surface area contributed by atoms with E-state index in [-0.39, 0.29) is 12.2 Å². The van der Waals surface area contributed by atoms with Crippen LogP contribution in [0.3, 0.4) is 0 Å². The van der Waals surface area contributed by atoms with E-state index < -0.39 is 23.5 Å². The van der Waals surface area contributed by atoms with Gasteiger partial charge in [-0.25, -0.2) is 4.79 Å². The molecule has 0 radical (unpaired) electrons. The number of benzene rings is 1. The van der Waals surface area contributed by atoms with Gasteiger partial charge in [0.1, 0.15) is 18.3 Å². The van der Waals surface area contributed by atoms with E-state index in [1.165, 1.54) is 6.07 Å². The van der Waals surface area contributed by atoms with Crippen LogP contribution in [0.2, 0.25) is 5.02 Å². The van der Waals surface area contributed by atoms with Gasteiger partial charge in [-0.15, -0.1) is 0 Å². The molecule has 0 fully saturated rings. The smallest absolute Gasteiger partial charge is 0.375 e. The first-order chi connectivity index (χ1) is 8.54. The fourth-order valence-corrected chi connectivity index (χ4v) is 1.87. The summed E-state index contributed by atoms with van der Waals surface area (Å²) in [5.41, 5.74) is 0.205. The molecule has 1 aliphatic rings. The predicted molar refractivity (Wildman–Crippen MR) is 61.8 cm³/mol. The Morgan fingerprint density at radius 1 is 1.44 bits per heavy atom. The molecule has 0 spiro atoms. The van der Waals surface area contributed by atoms with Crippen LogP contribution in [0.15, 0.2) is 18.2 Å². The first kappa shape index (κ1) is 12.6. The normalized spacial score (nSPS) is 17.7. The summed E-state index contributed by atoms with van der Waals surface area (Å²) in [7, 11) is 1.08. The molecule has 6 heteroatoms. The van der Waals surface area contributed by atoms with Crippen molar-refractivity contribution in [3.05, 3.63) is 28.8 Å². The van der Waals surface area contributed by atoms with Crippen LogP contribution in [-0.2, 0) is 14.3 Å². The number of ketones is 2. The molecule has 0 amide bonds. The second-order valence-electron chi connectivity index (χ2n) is 3.72. The summed E-state index contributed by atoms with van der Waals surface area (Å²) < 4.78 is 9.57. The van der Waals surface area contributed by atoms with E-state index in [2.05, 4.69) is 4.74 Å². The zero-order valence-corrected chi connectivity index (χ0v) is 10.2. The average Bonchev–Trinajstić information content (AvgIpc) is 2.38. The van der Waals surface area contributed by atoms with Gasteiger partial charge in [0.15, 0.2) is 5.78 Å². The molecule has 0 aromatic heterocycles. The maximum atomic E-state index is 12.1. The fourth-order valence-electron chi connectivity index (χ4n) is 1.69. The van der Waals surface area contributed by atoms with Gasteiger partial charge in [-0.1, -0.05) is 11.6 Å². The maximum absolute atomic E-state index is 12.1. The molecule has 1 atom stereocenters. The highest BCUT2D eigenvalue weighted by atomic mass is 35.5. The minimum absolute atomic E-state index is 0.165. The molecule has 0 saturated heterocycles. The lowest BCUT2D eigenvalue weighted by Gasteiger charge is -2.22. The second kappa shape index (κ2) is 4.78. The Balaban J connectivity index is 2.33. The van der Waals surface area contributed by atoms with Crippen LogP contribution < -0.4 is 4.74 Å². The van der Waals surface area contributed by atoms with Gasteiger partial charge in [0.2, 0.25) is 0 Å². The van der Waals surface area contributed by atoms with Gasteiger partial charge in [0.25, 0.3) is 5.78 Å². The lowest BCUT2D eigenvalue weighted by Crippen LogP contribution is -2.38. The summed E-state index contributed by atoms with van der Waals surface area (Å²) in [4.78, 5) is 34.8. The minimum Gasteiger partial charge on any atom is -0.492 e. The van der Waals surface area contributed by atoms with Crippen molar-refractivity contribution in [1.82, 2.24) is 0 Å². The van der Waals surface area contributed by atoms with Crippen LogP contribution in [0.4, 0.5) is 0 Å². The van der Waals surface area contributed by atoms with Crippen molar-refractivity contribution in [2.24, 2.45) is 5.92 Å². The van der Waals surface area contributed by atoms with Crippen LogP contribution in [0.1, 0.15) is 10.4 Å². The third-order valence-corrected chi connectivity index (χ3v) is 2.87. The zero-order valence-electron chi connectivity index (χ0n) is 9.44. The van der Waals surface area contributed by atoms with Crippen molar-refractivity contribution < 1.29 is 23.9 Å². The molecule has 1 aromatic rings. The third kappa shape index (κ3) is 2.09. The van der Waals surface area contributed by atoms with Gasteiger partial charge in [-0.3, -0.25) is 9.59 Å². The molecule has 0 aliphatic carbocycles. The Labute approximate surface area is 108 Å². The molecule has 0 N–H and O–H groups in total. The van der Waals surface area contributed by atoms with E-state index >= 15 is 0 Å². The maximum Gasteiger partial charge on any atom is 0.375 e. The van der Waals surface area contributed by atoms with Gasteiger partial charge < -0.3 is 9.47 Å². The van der Waals surface area contributed by atoms with Crippen molar-refractivity contribution in [2.75, 3.05) is 13.7 Å². The SMILES string of the molecule is COC(=O)C(=O)C1COc2ccc(Cl)cc2C1=O. The number of hydrogen-bond acceptors (Lipinski definition) is 5. The number of Topliss-reactive ketones (excluding diaryl/α,β-unsaturated/α-hetero) is 2. The van der Waals surface area contributed by atoms with Crippen molar-refractivity contribution >= 4 is 29.1 Å². The van der Waals surface area contributed by atoms with Crippen LogP contribution in [-0.4, -0.2) is 31.3 Å². The lowest BCUT2D eigenvalue weighted by atomic mass is 9.91. The highest BCUT2D eigenvalue weighted by molar-refractivity contribution is 6.40. The largest absolute Gasteiger partial charge is 0.492 e. The van der Waals surface area contributed by atoms with E-state index in [0.717, 1.165) is 7.11 Å². The topological polar surface area (TPSA) is 69.7 Å². The van der Waals surface area contributed by atoms with Crippen LogP contribution in [0.25, 0.3) is 0 Å². The van der Waals surface area contributed by atoms with Crippen molar-refractivity contribution in [3.8, 4) is 5.75 Å². The third-order valence-electron chi connectivity index (χ3n) is 2.63. The van der Waals surface area contributed by atoms with E-state index in [0.29, 0.717) is 10.8 Å². The highest BCUT2D eigenvalue weighted by Gasteiger charge is 2.38. The van der Waals surface area contributed by atoms with Gasteiger partial charge in [-0.05, 0) is 18.2 Å². The predicted octanol–water partition coefficient (Wildman–Crippen LogP) is 1.27. The first-order valence-electron chi connectivity index (χ1n) is 5.13. The van der Waals surface area contributed by atoms with E-state index in [9.17, 15) is 14.4 Å². The Bertz CT molecular complexity index is 537. The highest BCUT2D eigenvalue weighted by Crippen LogP contribution is 2.30. The van der Waals surface area contributed by atoms with Crippen LogP contribution in [0, 0.1) is 5.92 Å². The number of rotatable bonds is 2. The number of carbonyl (C=O) groups excluding carboxylic acids is 3. The summed E-state index contributed by atoms with van der Waals surface area (Å²) in [6, 6.07) is 4.54. The summed E-state index contributed by atoms with van der Waals surface area (Å²) in [6.45, 7) is -0.165. The standard InChI is InChI=1S/C12H9ClO5/c1-17-12(16)11(15)8-5-18-9-3-2-6(13)4-7(9)10(8)14/h2-4,8H,5H2,1H3. The lowest BCUT2D eigenvalue weighted by molar-refractivity contribution is -0.153. The molecule has 18 heavy (non-hydrogen) atoms. The number of fused-ring (bicyclic) bond motifs is 1. The van der Waals surface area contributed by atoms with Crippen LogP contribution >= 0.6 is 11.6 Å². The van der Waals surface area contributed by atoms with Crippen LogP contribution in [0.5, 0.6) is 5.75 Å². The Morgan fingerprint density at radius 2 is 2.17 bits per heavy atom. The summed E-state index contributed by atoms with van der Waals surface area (Å²) in [5.74, 6) is -3.24. The van der Waals surface area contributed by atoms with E-state index in [1.807, 2.05) is 0 Å². The van der Waals surface area contributed by atoms with Gasteiger partial charge in [-0.2, -0.15) is 0 Å². The molecule has 0 bridgehead atoms. The summed E-state index contributed by atoms with van der Waals surface area (Å²) in [5, 5.41) is 0.358. The number of ether oxygens (including phenoxy) is 2. The summed E-state index contributed by atoms with van der Waals surface area (Å²) in [6.07, 6.45) is 0. The minimum atomic E-state index is -1.16. The molecule has 1 aromatic carbocycles. The fraction of sp³-hybridized carbons (Fsp3) is 0.250. The average molecular weight is 269 g/mol. The number of methoxy groups -OCH3 is 1. The Morgan fingerprint density at radius 3 is 2.83 bits per heavy atom. The number of halogens is 1. The Hall–Kier alpha value is -1.88. The number of esters is 1. The van der Waals surface area contributed by atoms with Crippen molar-refractivity contribution in [3.63, 3.8) is 0 Å². The molecule has 5 nitrogen and oxygen atoms in total. The van der Waals surface area contributed by atoms with Gasteiger partial charge in [0.05, 0.1) is 12.7 Å². The molecular formula is C12H9ClO5. The molecule has 1 heterocycles. The van der Waals surface area contributed by atoms with Gasteiger partial charge in [0, 0.05) is 5.02 Å². The number of hydrogen-bond donors (Lipinski definition) is 0. The summed E-state index contributed by atoms with van der Waals surface area (Å²) >= 11 is 5.77. The molecule has 2 rings (SSSR count). The molecule has 1 unspecified atom stereocenters. The van der Waals surface area contributed by atoms with E-state index in [4.69, 9.17) is 16.3 Å². The van der Waals surface area contributed by atoms with Gasteiger partial charge >= 0.3 is 5.97 Å². The molecular weight excluding hydrogens is 260 g/mol. The Kier molecular flexibility index (Phi) is 3.34. The zero-order chi connectivity index (χ0) is 13.3. The second-order valence-corrected chi connectivity index (χ2v) is 4.16. The first-order valence-corrected chi connectivity index (χ1v) is 5.51. The molecule has 94 valence electrons. The monoisotopic (exact) mass is 268 g/mol. The molecule has 1 aliphatic heterocycles. The number of carbonyl (C=O) groups is 3.